The molecule has 2 N–H and O–H groups in total. The Bertz CT molecular complexity index is 1200. The SMILES string of the molecule is COc1ccc([C@H](CNC(=O)CCc2nc([C@@H](C)OC)no2)c2c[nH]c3ccccc23)cc1. The molecule has 0 radical (unpaired) electrons. The highest BCUT2D eigenvalue weighted by atomic mass is 16.5. The van der Waals surface area contributed by atoms with Crippen LogP contribution in [0.3, 0.4) is 0 Å². The van der Waals surface area contributed by atoms with Crippen LogP contribution in [0.1, 0.15) is 48.2 Å². The number of aromatic nitrogens is 3. The molecule has 0 unspecified atom stereocenters. The molecule has 4 aromatic rings. The zero-order valence-electron chi connectivity index (χ0n) is 19.0. The largest absolute Gasteiger partial charge is 0.497 e. The van der Waals surface area contributed by atoms with E-state index in [1.165, 1.54) is 0 Å². The van der Waals surface area contributed by atoms with E-state index in [1.807, 2.05) is 55.6 Å². The van der Waals surface area contributed by atoms with E-state index in [0.717, 1.165) is 27.8 Å². The van der Waals surface area contributed by atoms with E-state index >= 15 is 0 Å². The molecule has 0 aliphatic rings. The average Bonchev–Trinajstić information content (AvgIpc) is 3.50. The Balaban J connectivity index is 1.46. The van der Waals surface area contributed by atoms with Gasteiger partial charge in [0.2, 0.25) is 11.8 Å². The van der Waals surface area contributed by atoms with Crippen molar-refractivity contribution in [1.29, 1.82) is 0 Å². The molecule has 0 fully saturated rings. The van der Waals surface area contributed by atoms with Gasteiger partial charge in [-0.15, -0.1) is 0 Å². The zero-order valence-corrected chi connectivity index (χ0v) is 19.0. The van der Waals surface area contributed by atoms with E-state index in [4.69, 9.17) is 14.0 Å². The maximum Gasteiger partial charge on any atom is 0.227 e. The molecule has 0 bridgehead atoms. The molecule has 4 rings (SSSR count). The summed E-state index contributed by atoms with van der Waals surface area (Å²) in [5.41, 5.74) is 3.29. The van der Waals surface area contributed by atoms with E-state index in [1.54, 1.807) is 14.2 Å². The number of carbonyl (C=O) groups excluding carboxylic acids is 1. The van der Waals surface area contributed by atoms with Gasteiger partial charge < -0.3 is 24.3 Å². The number of ether oxygens (including phenoxy) is 2. The van der Waals surface area contributed by atoms with Gasteiger partial charge in [0.1, 0.15) is 11.9 Å². The number of hydrogen-bond acceptors (Lipinski definition) is 6. The number of aromatic amines is 1. The first-order valence-corrected chi connectivity index (χ1v) is 10.9. The number of fused-ring (bicyclic) bond motifs is 1. The summed E-state index contributed by atoms with van der Waals surface area (Å²) in [5, 5.41) is 8.11. The molecule has 2 aromatic heterocycles. The molecule has 0 aliphatic heterocycles. The first-order chi connectivity index (χ1) is 16.1. The third-order valence-electron chi connectivity index (χ3n) is 5.79. The summed E-state index contributed by atoms with van der Waals surface area (Å²) in [4.78, 5) is 20.3. The number of H-pyrrole nitrogens is 1. The Hall–Kier alpha value is -3.65. The van der Waals surface area contributed by atoms with Crippen molar-refractivity contribution in [2.75, 3.05) is 20.8 Å². The first kappa shape index (κ1) is 22.5. The highest BCUT2D eigenvalue weighted by Gasteiger charge is 2.20. The normalized spacial score (nSPS) is 13.1. The molecule has 8 heteroatoms. The van der Waals surface area contributed by atoms with Gasteiger partial charge in [0, 0.05) is 49.5 Å². The van der Waals surface area contributed by atoms with Crippen LogP contribution >= 0.6 is 0 Å². The van der Waals surface area contributed by atoms with E-state index in [-0.39, 0.29) is 24.3 Å². The van der Waals surface area contributed by atoms with E-state index in [0.29, 0.717) is 24.7 Å². The Morgan fingerprint density at radius 2 is 1.94 bits per heavy atom. The summed E-state index contributed by atoms with van der Waals surface area (Å²) in [7, 11) is 3.23. The van der Waals surface area contributed by atoms with Crippen molar-refractivity contribution in [3.8, 4) is 5.75 Å². The van der Waals surface area contributed by atoms with Crippen molar-refractivity contribution in [3.05, 3.63) is 77.6 Å². The molecule has 0 aliphatic carbocycles. The number of aryl methyl sites for hydroxylation is 1. The average molecular weight is 449 g/mol. The van der Waals surface area contributed by atoms with Crippen LogP contribution in [0.2, 0.25) is 0 Å². The monoisotopic (exact) mass is 448 g/mol. The van der Waals surface area contributed by atoms with E-state index in [9.17, 15) is 4.79 Å². The molecular weight excluding hydrogens is 420 g/mol. The van der Waals surface area contributed by atoms with Crippen molar-refractivity contribution >= 4 is 16.8 Å². The lowest BCUT2D eigenvalue weighted by atomic mass is 9.90. The quantitative estimate of drug-likeness (QED) is 0.378. The van der Waals surface area contributed by atoms with E-state index < -0.39 is 0 Å². The minimum atomic E-state index is -0.252. The van der Waals surface area contributed by atoms with Crippen LogP contribution in [-0.2, 0) is 16.0 Å². The van der Waals surface area contributed by atoms with Gasteiger partial charge in [-0.25, -0.2) is 0 Å². The van der Waals surface area contributed by atoms with Gasteiger partial charge >= 0.3 is 0 Å². The number of rotatable bonds is 10. The molecule has 2 atom stereocenters. The molecule has 172 valence electrons. The Labute approximate surface area is 192 Å². The predicted octanol–water partition coefficient (Wildman–Crippen LogP) is 4.15. The molecule has 33 heavy (non-hydrogen) atoms. The number of hydrogen-bond donors (Lipinski definition) is 2. The van der Waals surface area contributed by atoms with Crippen molar-refractivity contribution in [2.45, 2.75) is 31.8 Å². The molecular formula is C25H28N4O4. The Kier molecular flexibility index (Phi) is 7.04. The smallest absolute Gasteiger partial charge is 0.227 e. The molecule has 0 saturated carbocycles. The van der Waals surface area contributed by atoms with Gasteiger partial charge in [0.05, 0.1) is 7.11 Å². The number of amides is 1. The van der Waals surface area contributed by atoms with Crippen LogP contribution in [0.5, 0.6) is 5.75 Å². The van der Waals surface area contributed by atoms with Gasteiger partial charge in [0.25, 0.3) is 0 Å². The third kappa shape index (κ3) is 5.23. The van der Waals surface area contributed by atoms with Crippen molar-refractivity contribution in [3.63, 3.8) is 0 Å². The van der Waals surface area contributed by atoms with Crippen LogP contribution in [0.25, 0.3) is 10.9 Å². The maximum atomic E-state index is 12.6. The topological polar surface area (TPSA) is 102 Å². The fourth-order valence-corrected chi connectivity index (χ4v) is 3.79. The lowest BCUT2D eigenvalue weighted by Gasteiger charge is -2.18. The van der Waals surface area contributed by atoms with Gasteiger partial charge in [-0.2, -0.15) is 4.98 Å². The van der Waals surface area contributed by atoms with Crippen molar-refractivity contribution < 1.29 is 18.8 Å². The van der Waals surface area contributed by atoms with Crippen molar-refractivity contribution in [1.82, 2.24) is 20.4 Å². The molecule has 2 aromatic carbocycles. The van der Waals surface area contributed by atoms with Crippen LogP contribution in [0, 0.1) is 0 Å². The van der Waals surface area contributed by atoms with Crippen LogP contribution < -0.4 is 10.1 Å². The fraction of sp³-hybridized carbons (Fsp3) is 0.320. The van der Waals surface area contributed by atoms with Gasteiger partial charge in [0.15, 0.2) is 5.82 Å². The highest BCUT2D eigenvalue weighted by molar-refractivity contribution is 5.84. The summed E-state index contributed by atoms with van der Waals surface area (Å²) < 4.78 is 15.7. The number of nitrogens with one attached hydrogen (secondary N) is 2. The number of carbonyl (C=O) groups is 1. The standard InChI is InChI=1S/C25H28N4O4/c1-16(31-2)25-28-24(33-29-25)13-12-23(30)27-14-20(17-8-10-18(32-3)11-9-17)21-15-26-22-7-5-4-6-19(21)22/h4-11,15-16,20,26H,12-14H2,1-3H3,(H,27,30)/t16-,20+/m1/s1. The Morgan fingerprint density at radius 1 is 1.15 bits per heavy atom. The van der Waals surface area contributed by atoms with E-state index in [2.05, 4.69) is 26.5 Å². The van der Waals surface area contributed by atoms with Crippen LogP contribution in [0.4, 0.5) is 0 Å². The van der Waals surface area contributed by atoms with Gasteiger partial charge in [-0.1, -0.05) is 35.5 Å². The highest BCUT2D eigenvalue weighted by Crippen LogP contribution is 2.31. The Morgan fingerprint density at radius 3 is 2.70 bits per heavy atom. The second-order valence-corrected chi connectivity index (χ2v) is 7.84. The second kappa shape index (κ2) is 10.3. The van der Waals surface area contributed by atoms with Crippen LogP contribution in [0.15, 0.2) is 59.3 Å². The molecule has 0 spiro atoms. The lowest BCUT2D eigenvalue weighted by Crippen LogP contribution is -2.29. The minimum absolute atomic E-state index is 0.0198. The first-order valence-electron chi connectivity index (χ1n) is 10.9. The fourth-order valence-electron chi connectivity index (χ4n) is 3.79. The summed E-state index contributed by atoms with van der Waals surface area (Å²) >= 11 is 0. The molecule has 2 heterocycles. The van der Waals surface area contributed by atoms with Gasteiger partial charge in [-0.05, 0) is 36.2 Å². The second-order valence-electron chi connectivity index (χ2n) is 7.84. The molecule has 8 nitrogen and oxygen atoms in total. The number of para-hydroxylation sites is 1. The lowest BCUT2D eigenvalue weighted by molar-refractivity contribution is -0.121. The molecule has 0 saturated heterocycles. The van der Waals surface area contributed by atoms with Crippen LogP contribution in [-0.4, -0.2) is 41.8 Å². The summed E-state index contributed by atoms with van der Waals surface area (Å²) in [6, 6.07) is 16.1. The minimum Gasteiger partial charge on any atom is -0.497 e. The number of methoxy groups -OCH3 is 2. The number of benzene rings is 2. The summed E-state index contributed by atoms with van der Waals surface area (Å²) in [6.45, 7) is 2.30. The zero-order chi connectivity index (χ0) is 23.2. The predicted molar refractivity (Wildman–Crippen MR) is 124 cm³/mol. The summed E-state index contributed by atoms with van der Waals surface area (Å²) in [5.74, 6) is 1.60. The maximum absolute atomic E-state index is 12.6. The number of nitrogens with zero attached hydrogens (tertiary/aromatic N) is 2. The van der Waals surface area contributed by atoms with Crippen molar-refractivity contribution in [2.24, 2.45) is 0 Å². The van der Waals surface area contributed by atoms with Gasteiger partial charge in [-0.3, -0.25) is 4.79 Å². The summed E-state index contributed by atoms with van der Waals surface area (Å²) in [6.07, 6.45) is 2.39. The third-order valence-corrected chi connectivity index (χ3v) is 5.79. The molecule has 1 amide bonds.